The van der Waals surface area contributed by atoms with Crippen molar-refractivity contribution in [3.63, 3.8) is 0 Å². The quantitative estimate of drug-likeness (QED) is 0.565. The van der Waals surface area contributed by atoms with Crippen molar-refractivity contribution in [2.24, 2.45) is 16.0 Å². The van der Waals surface area contributed by atoms with E-state index in [0.717, 1.165) is 51.4 Å². The van der Waals surface area contributed by atoms with Crippen molar-refractivity contribution in [2.75, 3.05) is 32.8 Å². The first kappa shape index (κ1) is 10.5. The smallest absolute Gasteiger partial charge is 0.0742 e. The summed E-state index contributed by atoms with van der Waals surface area (Å²) in [6.45, 7) is 9.89. The van der Waals surface area contributed by atoms with Crippen molar-refractivity contribution in [1.82, 2.24) is 9.80 Å². The molecule has 4 heterocycles. The Morgan fingerprint density at radius 1 is 1.25 bits per heavy atom. The van der Waals surface area contributed by atoms with E-state index in [1.165, 1.54) is 0 Å². The van der Waals surface area contributed by atoms with Gasteiger partial charge < -0.3 is 5.21 Å². The van der Waals surface area contributed by atoms with Gasteiger partial charge in [0.05, 0.1) is 12.4 Å². The van der Waals surface area contributed by atoms with Gasteiger partial charge in [-0.25, -0.2) is 0 Å². The molecule has 0 radical (unpaired) electrons. The van der Waals surface area contributed by atoms with Gasteiger partial charge in [0.2, 0.25) is 0 Å². The van der Waals surface area contributed by atoms with Gasteiger partial charge in [0.1, 0.15) is 0 Å². The number of rotatable bonds is 2. The number of oxime groups is 1. The summed E-state index contributed by atoms with van der Waals surface area (Å²) in [5.41, 5.74) is 1.29. The van der Waals surface area contributed by atoms with Gasteiger partial charge >= 0.3 is 0 Å². The Morgan fingerprint density at radius 2 is 1.88 bits per heavy atom. The van der Waals surface area contributed by atoms with Crippen molar-refractivity contribution >= 4 is 5.71 Å². The second kappa shape index (κ2) is 3.20. The lowest BCUT2D eigenvalue weighted by Gasteiger charge is -2.63. The van der Waals surface area contributed by atoms with Gasteiger partial charge in [0, 0.05) is 37.0 Å². The highest BCUT2D eigenvalue weighted by Gasteiger charge is 2.59. The minimum absolute atomic E-state index is 0.0820. The first-order valence-electron chi connectivity index (χ1n) is 6.30. The minimum atomic E-state index is 0.0820. The molecule has 2 atom stereocenters. The second-order valence-corrected chi connectivity index (χ2v) is 6.16. The zero-order valence-electron chi connectivity index (χ0n) is 10.2. The molecule has 4 fully saturated rings. The van der Waals surface area contributed by atoms with E-state index in [-0.39, 0.29) is 10.8 Å². The van der Waals surface area contributed by atoms with Gasteiger partial charge in [-0.3, -0.25) is 9.80 Å². The Balaban J connectivity index is 2.04. The number of nitrogens with zero attached hydrogens (tertiary/aromatic N) is 3. The molecule has 4 aliphatic heterocycles. The molecule has 4 bridgehead atoms. The Hall–Kier alpha value is -0.610. The van der Waals surface area contributed by atoms with E-state index in [0.29, 0.717) is 0 Å². The second-order valence-electron chi connectivity index (χ2n) is 6.16. The molecule has 0 aliphatic carbocycles. The molecule has 0 aromatic carbocycles. The molecule has 90 valence electrons. The zero-order valence-corrected chi connectivity index (χ0v) is 10.2. The lowest BCUT2D eigenvalue weighted by molar-refractivity contribution is -0.0840. The largest absolute Gasteiger partial charge is 0.411 e. The molecule has 4 saturated heterocycles. The minimum Gasteiger partial charge on any atom is -0.411 e. The zero-order chi connectivity index (χ0) is 11.4. The van der Waals surface area contributed by atoms with Gasteiger partial charge in [0.25, 0.3) is 0 Å². The normalized spacial score (nSPS) is 52.5. The molecule has 4 heteroatoms. The molecular formula is C12H21N3O. The van der Waals surface area contributed by atoms with Crippen LogP contribution in [0.5, 0.6) is 0 Å². The third kappa shape index (κ3) is 1.20. The molecule has 4 rings (SSSR count). The highest BCUT2D eigenvalue weighted by molar-refractivity contribution is 5.97. The number of hydrogen-bond acceptors (Lipinski definition) is 4. The van der Waals surface area contributed by atoms with Crippen molar-refractivity contribution < 1.29 is 5.21 Å². The third-order valence-corrected chi connectivity index (χ3v) is 4.50. The summed E-state index contributed by atoms with van der Waals surface area (Å²) < 4.78 is 0. The summed E-state index contributed by atoms with van der Waals surface area (Å²) in [7, 11) is 0. The van der Waals surface area contributed by atoms with Gasteiger partial charge in [-0.1, -0.05) is 25.4 Å². The molecule has 0 amide bonds. The molecule has 0 spiro atoms. The van der Waals surface area contributed by atoms with Crippen molar-refractivity contribution in [3.8, 4) is 0 Å². The lowest BCUT2D eigenvalue weighted by Crippen LogP contribution is -2.75. The highest BCUT2D eigenvalue weighted by atomic mass is 16.4. The number of hydrogen-bond donors (Lipinski definition) is 1. The average Bonchev–Trinajstić information content (AvgIpc) is 2.14. The van der Waals surface area contributed by atoms with Crippen LogP contribution < -0.4 is 0 Å². The highest BCUT2D eigenvalue weighted by Crippen LogP contribution is 2.48. The standard InChI is InChI=1S/C12H21N3O/c1-3-4-12-7-14-5-11(2,10(12)13-16)6-15(8-12)9-14/h16H,3-9H2,1-2H3/b13-10+. The van der Waals surface area contributed by atoms with E-state index in [1.807, 2.05) is 0 Å². The molecule has 0 saturated carbocycles. The summed E-state index contributed by atoms with van der Waals surface area (Å²) in [6.07, 6.45) is 2.31. The van der Waals surface area contributed by atoms with Crippen LogP contribution in [0.1, 0.15) is 26.7 Å². The maximum atomic E-state index is 9.41. The summed E-state index contributed by atoms with van der Waals surface area (Å²) in [5, 5.41) is 13.1. The summed E-state index contributed by atoms with van der Waals surface area (Å²) in [5.74, 6) is 0. The predicted molar refractivity (Wildman–Crippen MR) is 62.7 cm³/mol. The van der Waals surface area contributed by atoms with Crippen molar-refractivity contribution in [1.29, 1.82) is 0 Å². The van der Waals surface area contributed by atoms with Crippen LogP contribution in [0.3, 0.4) is 0 Å². The molecule has 1 N–H and O–H groups in total. The maximum Gasteiger partial charge on any atom is 0.0742 e. The Kier molecular flexibility index (Phi) is 2.11. The van der Waals surface area contributed by atoms with Crippen LogP contribution in [0.4, 0.5) is 0 Å². The van der Waals surface area contributed by atoms with Crippen LogP contribution >= 0.6 is 0 Å². The van der Waals surface area contributed by atoms with Gasteiger partial charge in [-0.2, -0.15) is 0 Å². The Bertz CT molecular complexity index is 325. The third-order valence-electron chi connectivity index (χ3n) is 4.50. The van der Waals surface area contributed by atoms with Crippen LogP contribution in [0.2, 0.25) is 0 Å². The first-order chi connectivity index (χ1) is 7.62. The SMILES string of the molecule is CCCC12CN3CN(CC(C)(C3)/C1=N\O)C2. The van der Waals surface area contributed by atoms with Gasteiger partial charge in [0.15, 0.2) is 0 Å². The topological polar surface area (TPSA) is 39.1 Å². The summed E-state index contributed by atoms with van der Waals surface area (Å²) in [6, 6.07) is 0. The average molecular weight is 223 g/mol. The fourth-order valence-corrected chi connectivity index (χ4v) is 4.46. The Labute approximate surface area is 96.9 Å². The first-order valence-corrected chi connectivity index (χ1v) is 6.30. The molecule has 4 aliphatic rings. The maximum absolute atomic E-state index is 9.41. The van der Waals surface area contributed by atoms with Crippen LogP contribution in [0.15, 0.2) is 5.16 Å². The van der Waals surface area contributed by atoms with E-state index in [2.05, 4.69) is 28.8 Å². The molecule has 16 heavy (non-hydrogen) atoms. The van der Waals surface area contributed by atoms with Crippen LogP contribution in [0.25, 0.3) is 0 Å². The van der Waals surface area contributed by atoms with E-state index < -0.39 is 0 Å². The van der Waals surface area contributed by atoms with Crippen molar-refractivity contribution in [3.05, 3.63) is 0 Å². The van der Waals surface area contributed by atoms with E-state index in [9.17, 15) is 5.21 Å². The molecule has 0 aromatic rings. The van der Waals surface area contributed by atoms with E-state index >= 15 is 0 Å². The Morgan fingerprint density at radius 3 is 2.38 bits per heavy atom. The summed E-state index contributed by atoms with van der Waals surface area (Å²) in [4.78, 5) is 5.05. The van der Waals surface area contributed by atoms with E-state index in [4.69, 9.17) is 0 Å². The monoisotopic (exact) mass is 223 g/mol. The molecule has 0 aromatic heterocycles. The van der Waals surface area contributed by atoms with Gasteiger partial charge in [-0.05, 0) is 6.42 Å². The van der Waals surface area contributed by atoms with Crippen LogP contribution in [-0.4, -0.2) is 53.6 Å². The lowest BCUT2D eigenvalue weighted by atomic mass is 9.60. The summed E-state index contributed by atoms with van der Waals surface area (Å²) >= 11 is 0. The van der Waals surface area contributed by atoms with Crippen molar-refractivity contribution in [2.45, 2.75) is 26.7 Å². The van der Waals surface area contributed by atoms with E-state index in [1.54, 1.807) is 0 Å². The fraction of sp³-hybridized carbons (Fsp3) is 0.917. The fourth-order valence-electron chi connectivity index (χ4n) is 4.46. The molecule has 4 nitrogen and oxygen atoms in total. The molecular weight excluding hydrogens is 202 g/mol. The predicted octanol–water partition coefficient (Wildman–Crippen LogP) is 1.21. The molecule has 2 unspecified atom stereocenters. The van der Waals surface area contributed by atoms with Gasteiger partial charge in [-0.15, -0.1) is 0 Å². The van der Waals surface area contributed by atoms with Crippen LogP contribution in [0, 0.1) is 10.8 Å². The number of piperidine rings is 2. The van der Waals surface area contributed by atoms with Crippen LogP contribution in [-0.2, 0) is 0 Å².